The molecule has 3 aliphatic heterocycles. The summed E-state index contributed by atoms with van der Waals surface area (Å²) in [7, 11) is 0. The number of carbonyl (C=O) groups excluding carboxylic acids is 1. The van der Waals surface area contributed by atoms with E-state index in [2.05, 4.69) is 25.7 Å². The van der Waals surface area contributed by atoms with Crippen molar-refractivity contribution in [3.63, 3.8) is 0 Å². The van der Waals surface area contributed by atoms with Gasteiger partial charge in [0, 0.05) is 18.6 Å². The molecule has 114 valence electrons. The molecule has 4 heteroatoms. The van der Waals surface area contributed by atoms with Crippen LogP contribution >= 0.6 is 0 Å². The summed E-state index contributed by atoms with van der Waals surface area (Å²) in [6.07, 6.45) is 7.12. The predicted octanol–water partition coefficient (Wildman–Crippen LogP) is 3.01. The van der Waals surface area contributed by atoms with Crippen LogP contribution in [0.1, 0.15) is 59.3 Å². The molecule has 0 radical (unpaired) electrons. The minimum Gasteiger partial charge on any atom is -0.446 e. The van der Waals surface area contributed by atoms with Crippen molar-refractivity contribution in [3.05, 3.63) is 0 Å². The molecule has 4 nitrogen and oxygen atoms in total. The maximum atomic E-state index is 12.3. The topological polar surface area (TPSA) is 32.8 Å². The predicted molar refractivity (Wildman–Crippen MR) is 78.7 cm³/mol. The normalized spacial score (nSPS) is 31.9. The first kappa shape index (κ1) is 14.2. The van der Waals surface area contributed by atoms with Gasteiger partial charge in [-0.3, -0.25) is 9.80 Å². The Morgan fingerprint density at radius 3 is 2.20 bits per heavy atom. The molecule has 0 aromatic carbocycles. The van der Waals surface area contributed by atoms with E-state index in [0.29, 0.717) is 12.1 Å². The van der Waals surface area contributed by atoms with Gasteiger partial charge in [0.15, 0.2) is 0 Å². The number of carbonyl (C=O) groups is 1. The third kappa shape index (κ3) is 2.67. The Hall–Kier alpha value is -0.770. The fraction of sp³-hybridized carbons (Fsp3) is 0.938. The second kappa shape index (κ2) is 5.21. The Morgan fingerprint density at radius 2 is 1.65 bits per heavy atom. The lowest BCUT2D eigenvalue weighted by Gasteiger charge is -2.58. The van der Waals surface area contributed by atoms with Gasteiger partial charge in [-0.15, -0.1) is 0 Å². The number of hydrogen-bond acceptors (Lipinski definition) is 3. The Balaban J connectivity index is 1.54. The van der Waals surface area contributed by atoms with Crippen LogP contribution in [0.15, 0.2) is 0 Å². The molecule has 4 fully saturated rings. The van der Waals surface area contributed by atoms with Crippen LogP contribution in [0.25, 0.3) is 0 Å². The van der Waals surface area contributed by atoms with Crippen molar-refractivity contribution in [3.8, 4) is 0 Å². The standard InChI is InChI=1S/C16H28N2O2/c1-16(2,3)17-10-12-9-13(11-17)18(12)15(19)20-14-7-5-4-6-8-14/h12-14H,4-11H2,1-3H3. The average molecular weight is 280 g/mol. The van der Waals surface area contributed by atoms with Crippen LogP contribution in [0.4, 0.5) is 4.79 Å². The molecule has 0 aromatic rings. The number of nitrogens with zero attached hydrogens (tertiary/aromatic N) is 2. The maximum absolute atomic E-state index is 12.3. The lowest BCUT2D eigenvalue weighted by molar-refractivity contribution is -0.0907. The molecule has 0 N–H and O–H groups in total. The highest BCUT2D eigenvalue weighted by Crippen LogP contribution is 2.36. The van der Waals surface area contributed by atoms with E-state index in [0.717, 1.165) is 32.4 Å². The summed E-state index contributed by atoms with van der Waals surface area (Å²) in [5.41, 5.74) is 0.205. The lowest BCUT2D eigenvalue weighted by Crippen LogP contribution is -2.72. The smallest absolute Gasteiger partial charge is 0.410 e. The summed E-state index contributed by atoms with van der Waals surface area (Å²) >= 11 is 0. The molecule has 3 saturated heterocycles. The quantitative estimate of drug-likeness (QED) is 0.740. The molecule has 2 atom stereocenters. The molecule has 4 aliphatic rings. The van der Waals surface area contributed by atoms with Crippen molar-refractivity contribution in [2.45, 2.75) is 83.0 Å². The minimum atomic E-state index is -0.0493. The van der Waals surface area contributed by atoms with Crippen molar-refractivity contribution in [2.24, 2.45) is 0 Å². The Morgan fingerprint density at radius 1 is 1.05 bits per heavy atom. The minimum absolute atomic E-state index is 0.0493. The fourth-order valence-corrected chi connectivity index (χ4v) is 3.84. The van der Waals surface area contributed by atoms with Gasteiger partial charge in [-0.2, -0.15) is 0 Å². The van der Waals surface area contributed by atoms with Crippen molar-refractivity contribution < 1.29 is 9.53 Å². The number of hydrogen-bond donors (Lipinski definition) is 0. The van der Waals surface area contributed by atoms with Crippen molar-refractivity contribution in [1.82, 2.24) is 9.80 Å². The molecule has 4 rings (SSSR count). The highest BCUT2D eigenvalue weighted by molar-refractivity contribution is 5.70. The third-order valence-electron chi connectivity index (χ3n) is 5.17. The van der Waals surface area contributed by atoms with Crippen molar-refractivity contribution >= 4 is 6.09 Å². The molecule has 2 bridgehead atoms. The summed E-state index contributed by atoms with van der Waals surface area (Å²) in [5, 5.41) is 0. The van der Waals surface area contributed by atoms with Gasteiger partial charge in [-0.25, -0.2) is 4.79 Å². The number of amides is 1. The average Bonchev–Trinajstić information content (AvgIpc) is 2.38. The van der Waals surface area contributed by atoms with Crippen LogP contribution < -0.4 is 0 Å². The van der Waals surface area contributed by atoms with Gasteiger partial charge in [0.2, 0.25) is 0 Å². The molecule has 2 unspecified atom stereocenters. The lowest BCUT2D eigenvalue weighted by atomic mass is 9.85. The van der Waals surface area contributed by atoms with E-state index in [4.69, 9.17) is 4.74 Å². The number of fused-ring (bicyclic) bond motifs is 2. The molecule has 20 heavy (non-hydrogen) atoms. The number of rotatable bonds is 1. The maximum Gasteiger partial charge on any atom is 0.410 e. The van der Waals surface area contributed by atoms with Crippen molar-refractivity contribution in [2.75, 3.05) is 13.1 Å². The van der Waals surface area contributed by atoms with E-state index in [1.54, 1.807) is 0 Å². The molecule has 0 spiro atoms. The fourth-order valence-electron chi connectivity index (χ4n) is 3.84. The first-order valence-corrected chi connectivity index (χ1v) is 8.19. The van der Waals surface area contributed by atoms with E-state index in [9.17, 15) is 4.79 Å². The second-order valence-corrected chi connectivity index (χ2v) is 7.67. The van der Waals surface area contributed by atoms with E-state index >= 15 is 0 Å². The first-order valence-electron chi connectivity index (χ1n) is 8.19. The summed E-state index contributed by atoms with van der Waals surface area (Å²) in [6.45, 7) is 8.76. The van der Waals surface area contributed by atoms with Crippen LogP contribution in [0.3, 0.4) is 0 Å². The second-order valence-electron chi connectivity index (χ2n) is 7.67. The third-order valence-corrected chi connectivity index (χ3v) is 5.17. The highest BCUT2D eigenvalue weighted by atomic mass is 16.6. The van der Waals surface area contributed by atoms with E-state index in [1.165, 1.54) is 19.3 Å². The molecular formula is C16H28N2O2. The van der Waals surface area contributed by atoms with E-state index in [-0.39, 0.29) is 17.7 Å². The molecular weight excluding hydrogens is 252 g/mol. The zero-order valence-electron chi connectivity index (χ0n) is 13.1. The van der Waals surface area contributed by atoms with E-state index in [1.807, 2.05) is 4.90 Å². The van der Waals surface area contributed by atoms with Crippen LogP contribution in [0.2, 0.25) is 0 Å². The van der Waals surface area contributed by atoms with Crippen LogP contribution in [0.5, 0.6) is 0 Å². The molecule has 1 saturated carbocycles. The highest BCUT2D eigenvalue weighted by Gasteiger charge is 2.50. The van der Waals surface area contributed by atoms with Gasteiger partial charge < -0.3 is 4.74 Å². The zero-order valence-corrected chi connectivity index (χ0v) is 13.1. The van der Waals surface area contributed by atoms with E-state index < -0.39 is 0 Å². The van der Waals surface area contributed by atoms with Gasteiger partial charge in [0.1, 0.15) is 6.10 Å². The SMILES string of the molecule is CC(C)(C)N1CC2CC(C1)N2C(=O)OC1CCCCC1. The van der Waals surface area contributed by atoms with Crippen LogP contribution in [-0.2, 0) is 4.74 Å². The van der Waals surface area contributed by atoms with Crippen LogP contribution in [-0.4, -0.2) is 52.7 Å². The van der Waals surface area contributed by atoms with Gasteiger partial charge in [-0.05, 0) is 52.9 Å². The monoisotopic (exact) mass is 280 g/mol. The first-order chi connectivity index (χ1) is 9.45. The number of piperidine rings is 1. The van der Waals surface area contributed by atoms with Gasteiger partial charge in [0.05, 0.1) is 12.1 Å². The Kier molecular flexibility index (Phi) is 3.69. The van der Waals surface area contributed by atoms with Gasteiger partial charge in [-0.1, -0.05) is 6.42 Å². The van der Waals surface area contributed by atoms with Gasteiger partial charge >= 0.3 is 6.09 Å². The summed E-state index contributed by atoms with van der Waals surface area (Å²) in [5.74, 6) is 0. The summed E-state index contributed by atoms with van der Waals surface area (Å²) < 4.78 is 5.72. The number of ether oxygens (including phenoxy) is 1. The largest absolute Gasteiger partial charge is 0.446 e. The summed E-state index contributed by atoms with van der Waals surface area (Å²) in [4.78, 5) is 16.9. The van der Waals surface area contributed by atoms with Gasteiger partial charge in [0.25, 0.3) is 0 Å². The van der Waals surface area contributed by atoms with Crippen LogP contribution in [0, 0.1) is 0 Å². The molecule has 3 heterocycles. The molecule has 1 aliphatic carbocycles. The zero-order chi connectivity index (χ0) is 14.3. The summed E-state index contributed by atoms with van der Waals surface area (Å²) in [6, 6.07) is 0.758. The Labute approximate surface area is 122 Å². The Bertz CT molecular complexity index is 359. The molecule has 0 aromatic heterocycles. The number of piperazine rings is 1. The van der Waals surface area contributed by atoms with Crippen molar-refractivity contribution in [1.29, 1.82) is 0 Å². The molecule has 1 amide bonds.